The highest BCUT2D eigenvalue weighted by atomic mass is 19.1. The molecule has 0 bridgehead atoms. The van der Waals surface area contributed by atoms with E-state index in [4.69, 9.17) is 0 Å². The highest BCUT2D eigenvalue weighted by Gasteiger charge is 2.23. The first kappa shape index (κ1) is 18.5. The van der Waals surface area contributed by atoms with Crippen molar-refractivity contribution in [2.24, 2.45) is 5.92 Å². The normalized spacial score (nSPS) is 15.4. The van der Waals surface area contributed by atoms with E-state index in [9.17, 15) is 4.39 Å². The van der Waals surface area contributed by atoms with Gasteiger partial charge in [0.25, 0.3) is 0 Å². The Morgan fingerprint density at radius 1 is 1.18 bits per heavy atom. The van der Waals surface area contributed by atoms with Crippen LogP contribution in [0.2, 0.25) is 0 Å². The molecule has 3 aromatic rings. The Balaban J connectivity index is 1.39. The minimum Gasteiger partial charge on any atom is -0.357 e. The molecular weight excluding hydrogens is 359 g/mol. The fraction of sp³-hybridized carbons (Fsp3) is 0.526. The van der Waals surface area contributed by atoms with Gasteiger partial charge in [-0.1, -0.05) is 6.92 Å². The summed E-state index contributed by atoms with van der Waals surface area (Å²) in [6.07, 6.45) is 4.07. The first-order valence-corrected chi connectivity index (χ1v) is 9.71. The van der Waals surface area contributed by atoms with Crippen molar-refractivity contribution in [2.75, 3.05) is 36.5 Å². The number of aryl methyl sites for hydroxylation is 2. The van der Waals surface area contributed by atoms with Gasteiger partial charge in [-0.15, -0.1) is 15.3 Å². The number of hydrogen-bond acceptors (Lipinski definition) is 7. The molecule has 0 aliphatic carbocycles. The van der Waals surface area contributed by atoms with Crippen molar-refractivity contribution >= 4 is 17.3 Å². The molecule has 3 aromatic heterocycles. The molecular formula is C19H25FN8. The fourth-order valence-corrected chi connectivity index (χ4v) is 3.78. The number of fused-ring (bicyclic) bond motifs is 1. The number of rotatable bonds is 5. The van der Waals surface area contributed by atoms with Gasteiger partial charge in [0.1, 0.15) is 12.1 Å². The van der Waals surface area contributed by atoms with Crippen LogP contribution in [0.15, 0.2) is 18.5 Å². The van der Waals surface area contributed by atoms with Crippen molar-refractivity contribution in [3.8, 4) is 0 Å². The SMILES string of the molecule is CCc1ncnc(N(C)CC2CCN(c3ccc4nnc(C)n4n3)CC2)c1F. The van der Waals surface area contributed by atoms with Gasteiger partial charge in [-0.2, -0.15) is 4.52 Å². The maximum Gasteiger partial charge on any atom is 0.187 e. The smallest absolute Gasteiger partial charge is 0.187 e. The molecule has 0 atom stereocenters. The van der Waals surface area contributed by atoms with E-state index in [2.05, 4.69) is 30.2 Å². The Hall–Kier alpha value is -2.84. The van der Waals surface area contributed by atoms with Crippen LogP contribution in [-0.4, -0.2) is 56.5 Å². The molecule has 0 aromatic carbocycles. The third kappa shape index (κ3) is 3.48. The predicted molar refractivity (Wildman–Crippen MR) is 105 cm³/mol. The molecule has 0 amide bonds. The number of halogens is 1. The summed E-state index contributed by atoms with van der Waals surface area (Å²) in [5.41, 5.74) is 1.23. The number of hydrogen-bond donors (Lipinski definition) is 0. The molecule has 0 N–H and O–H groups in total. The zero-order valence-electron chi connectivity index (χ0n) is 16.5. The fourth-order valence-electron chi connectivity index (χ4n) is 3.78. The Kier molecular flexibility index (Phi) is 5.06. The van der Waals surface area contributed by atoms with E-state index in [0.29, 0.717) is 23.9 Å². The van der Waals surface area contributed by atoms with Gasteiger partial charge >= 0.3 is 0 Å². The van der Waals surface area contributed by atoms with Gasteiger partial charge < -0.3 is 9.80 Å². The summed E-state index contributed by atoms with van der Waals surface area (Å²) in [6.45, 7) is 6.42. The van der Waals surface area contributed by atoms with Gasteiger partial charge in [-0.3, -0.25) is 0 Å². The molecule has 1 aliphatic rings. The molecule has 148 valence electrons. The third-order valence-corrected chi connectivity index (χ3v) is 5.41. The molecule has 4 heterocycles. The van der Waals surface area contributed by atoms with E-state index < -0.39 is 0 Å². The van der Waals surface area contributed by atoms with Crippen LogP contribution in [-0.2, 0) is 6.42 Å². The monoisotopic (exact) mass is 384 g/mol. The van der Waals surface area contributed by atoms with Crippen LogP contribution in [0.25, 0.3) is 5.65 Å². The molecule has 8 nitrogen and oxygen atoms in total. The second-order valence-electron chi connectivity index (χ2n) is 7.33. The van der Waals surface area contributed by atoms with Crippen LogP contribution in [0.1, 0.15) is 31.3 Å². The largest absolute Gasteiger partial charge is 0.357 e. The van der Waals surface area contributed by atoms with Gasteiger partial charge in [0.05, 0.1) is 5.69 Å². The van der Waals surface area contributed by atoms with Crippen molar-refractivity contribution in [1.82, 2.24) is 29.8 Å². The number of aromatic nitrogens is 6. The third-order valence-electron chi connectivity index (χ3n) is 5.41. The Labute approximate surface area is 163 Å². The average Bonchev–Trinajstić information content (AvgIpc) is 3.09. The molecule has 28 heavy (non-hydrogen) atoms. The summed E-state index contributed by atoms with van der Waals surface area (Å²) < 4.78 is 16.3. The summed E-state index contributed by atoms with van der Waals surface area (Å²) in [5.74, 6) is 2.31. The van der Waals surface area contributed by atoms with Crippen LogP contribution < -0.4 is 9.80 Å². The molecule has 0 spiro atoms. The summed E-state index contributed by atoms with van der Waals surface area (Å²) in [4.78, 5) is 12.4. The first-order valence-electron chi connectivity index (χ1n) is 9.71. The van der Waals surface area contributed by atoms with Crippen LogP contribution in [0.5, 0.6) is 0 Å². The Bertz CT molecular complexity index is 964. The van der Waals surface area contributed by atoms with Crippen molar-refractivity contribution in [1.29, 1.82) is 0 Å². The van der Waals surface area contributed by atoms with E-state index in [1.54, 1.807) is 4.52 Å². The van der Waals surface area contributed by atoms with Crippen molar-refractivity contribution in [2.45, 2.75) is 33.1 Å². The van der Waals surface area contributed by atoms with Crippen molar-refractivity contribution in [3.63, 3.8) is 0 Å². The standard InChI is InChI=1S/C19H25FN8/c1-4-15-18(20)19(22-12-21-15)26(3)11-14-7-9-27(10-8-14)17-6-5-16-24-23-13(2)28(16)25-17/h5-6,12,14H,4,7-11H2,1-3H3. The lowest BCUT2D eigenvalue weighted by Crippen LogP contribution is -2.38. The summed E-state index contributed by atoms with van der Waals surface area (Å²) >= 11 is 0. The summed E-state index contributed by atoms with van der Waals surface area (Å²) in [6, 6.07) is 3.95. The van der Waals surface area contributed by atoms with Gasteiger partial charge in [-0.05, 0) is 44.2 Å². The molecule has 1 fully saturated rings. The van der Waals surface area contributed by atoms with Gasteiger partial charge in [0, 0.05) is 26.7 Å². The maximum atomic E-state index is 14.5. The summed E-state index contributed by atoms with van der Waals surface area (Å²) in [7, 11) is 1.90. The number of piperidine rings is 1. The van der Waals surface area contributed by atoms with E-state index in [-0.39, 0.29) is 5.82 Å². The lowest BCUT2D eigenvalue weighted by atomic mass is 9.96. The zero-order valence-corrected chi connectivity index (χ0v) is 16.5. The first-order chi connectivity index (χ1) is 13.6. The number of anilines is 2. The Morgan fingerprint density at radius 2 is 1.96 bits per heavy atom. The molecule has 1 saturated heterocycles. The maximum absolute atomic E-state index is 14.5. The van der Waals surface area contributed by atoms with Crippen molar-refractivity contribution in [3.05, 3.63) is 35.8 Å². The van der Waals surface area contributed by atoms with E-state index in [1.165, 1.54) is 6.33 Å². The predicted octanol–water partition coefficient (Wildman–Crippen LogP) is 2.28. The van der Waals surface area contributed by atoms with Gasteiger partial charge in [0.15, 0.2) is 23.1 Å². The summed E-state index contributed by atoms with van der Waals surface area (Å²) in [5, 5.41) is 12.8. The van der Waals surface area contributed by atoms with Crippen molar-refractivity contribution < 1.29 is 4.39 Å². The van der Waals surface area contributed by atoms with Crippen LogP contribution in [0, 0.1) is 18.7 Å². The second-order valence-corrected chi connectivity index (χ2v) is 7.33. The van der Waals surface area contributed by atoms with Gasteiger partial charge in [-0.25, -0.2) is 14.4 Å². The van der Waals surface area contributed by atoms with Crippen LogP contribution >= 0.6 is 0 Å². The molecule has 0 saturated carbocycles. The topological polar surface area (TPSA) is 75.3 Å². The van der Waals surface area contributed by atoms with Crippen LogP contribution in [0.3, 0.4) is 0 Å². The highest BCUT2D eigenvalue weighted by molar-refractivity contribution is 5.46. The Morgan fingerprint density at radius 3 is 2.71 bits per heavy atom. The molecule has 0 radical (unpaired) electrons. The average molecular weight is 384 g/mol. The van der Waals surface area contributed by atoms with Crippen LogP contribution in [0.4, 0.5) is 16.0 Å². The van der Waals surface area contributed by atoms with E-state index in [0.717, 1.165) is 49.8 Å². The lowest BCUT2D eigenvalue weighted by molar-refractivity contribution is 0.404. The highest BCUT2D eigenvalue weighted by Crippen LogP contribution is 2.25. The van der Waals surface area contributed by atoms with E-state index >= 15 is 0 Å². The zero-order chi connectivity index (χ0) is 19.7. The molecule has 4 rings (SSSR count). The molecule has 1 aliphatic heterocycles. The molecule has 0 unspecified atom stereocenters. The minimum absolute atomic E-state index is 0.299. The second kappa shape index (κ2) is 7.65. The number of nitrogens with zero attached hydrogens (tertiary/aromatic N) is 8. The quantitative estimate of drug-likeness (QED) is 0.668. The minimum atomic E-state index is -0.299. The lowest BCUT2D eigenvalue weighted by Gasteiger charge is -2.34. The van der Waals surface area contributed by atoms with E-state index in [1.807, 2.05) is 37.9 Å². The van der Waals surface area contributed by atoms with Gasteiger partial charge in [0.2, 0.25) is 0 Å². The molecule has 9 heteroatoms.